The summed E-state index contributed by atoms with van der Waals surface area (Å²) in [4.78, 5) is 26.7. The van der Waals surface area contributed by atoms with Crippen LogP contribution in [0.2, 0.25) is 0 Å². The van der Waals surface area contributed by atoms with Crippen LogP contribution >= 0.6 is 0 Å². The van der Waals surface area contributed by atoms with E-state index in [4.69, 9.17) is 5.73 Å². The molecule has 1 amide bonds. The summed E-state index contributed by atoms with van der Waals surface area (Å²) < 4.78 is 0. The number of aromatic nitrogens is 3. The third-order valence-corrected chi connectivity index (χ3v) is 4.92. The van der Waals surface area contributed by atoms with E-state index < -0.39 is 5.91 Å². The van der Waals surface area contributed by atoms with Crippen molar-refractivity contribution in [2.24, 2.45) is 5.73 Å². The Kier molecular flexibility index (Phi) is 2.91. The average Bonchev–Trinajstić information content (AvgIpc) is 3.24. The van der Waals surface area contributed by atoms with Crippen LogP contribution in [0.3, 0.4) is 0 Å². The average molecular weight is 332 g/mol. The molecule has 0 spiro atoms. The molecule has 7 heteroatoms. The monoisotopic (exact) mass is 332 g/mol. The summed E-state index contributed by atoms with van der Waals surface area (Å²) in [6, 6.07) is 1.88. The predicted molar refractivity (Wildman–Crippen MR) is 93.6 cm³/mol. The van der Waals surface area contributed by atoms with Gasteiger partial charge in [0.15, 0.2) is 0 Å². The minimum Gasteiger partial charge on any atom is -0.381 e. The molecule has 25 heavy (non-hydrogen) atoms. The number of hydrogen-bond donors (Lipinski definition) is 2. The second-order valence-electron chi connectivity index (χ2n) is 6.35. The van der Waals surface area contributed by atoms with Crippen molar-refractivity contribution in [3.05, 3.63) is 59.0 Å². The molecule has 2 aromatic rings. The summed E-state index contributed by atoms with van der Waals surface area (Å²) in [5.74, 6) is 0.127. The zero-order chi connectivity index (χ0) is 17.0. The van der Waals surface area contributed by atoms with E-state index in [0.717, 1.165) is 37.1 Å². The highest BCUT2D eigenvalue weighted by atomic mass is 16.1. The van der Waals surface area contributed by atoms with Crippen LogP contribution in [0.25, 0.3) is 10.9 Å². The van der Waals surface area contributed by atoms with Gasteiger partial charge in [-0.3, -0.25) is 9.78 Å². The van der Waals surface area contributed by atoms with E-state index in [-0.39, 0.29) is 5.82 Å². The minimum absolute atomic E-state index is 0.0262. The molecule has 7 nitrogen and oxygen atoms in total. The number of allylic oxidation sites excluding steroid dienone is 3. The first-order valence-electron chi connectivity index (χ1n) is 8.27. The van der Waals surface area contributed by atoms with Gasteiger partial charge in [0, 0.05) is 42.5 Å². The van der Waals surface area contributed by atoms with E-state index >= 15 is 0 Å². The fourth-order valence-electron chi connectivity index (χ4n) is 3.74. The van der Waals surface area contributed by atoms with Gasteiger partial charge in [-0.05, 0) is 29.7 Å². The van der Waals surface area contributed by atoms with Crippen LogP contribution in [0.1, 0.15) is 23.5 Å². The minimum atomic E-state index is -0.631. The summed E-state index contributed by atoms with van der Waals surface area (Å²) in [5.41, 5.74) is 11.2. The van der Waals surface area contributed by atoms with Crippen LogP contribution in [0.15, 0.2) is 53.2 Å². The van der Waals surface area contributed by atoms with Crippen LogP contribution in [0.4, 0.5) is 5.82 Å². The third kappa shape index (κ3) is 2.12. The molecule has 124 valence electrons. The Balaban J connectivity index is 1.68. The molecule has 0 unspecified atom stereocenters. The summed E-state index contributed by atoms with van der Waals surface area (Å²) in [6.07, 6.45) is 9.64. The van der Waals surface area contributed by atoms with Crippen molar-refractivity contribution in [3.8, 4) is 0 Å². The van der Waals surface area contributed by atoms with Crippen molar-refractivity contribution < 1.29 is 4.79 Å². The van der Waals surface area contributed by atoms with Gasteiger partial charge in [0.05, 0.1) is 11.7 Å². The number of rotatable bonds is 2. The second kappa shape index (κ2) is 5.14. The van der Waals surface area contributed by atoms with E-state index in [2.05, 4.69) is 37.3 Å². The van der Waals surface area contributed by atoms with E-state index in [1.54, 1.807) is 12.4 Å². The Bertz CT molecular complexity index is 1020. The van der Waals surface area contributed by atoms with Crippen molar-refractivity contribution in [1.29, 1.82) is 0 Å². The molecule has 2 aliphatic heterocycles. The first-order valence-corrected chi connectivity index (χ1v) is 8.27. The lowest BCUT2D eigenvalue weighted by Gasteiger charge is -2.25. The highest BCUT2D eigenvalue weighted by molar-refractivity contribution is 5.96. The van der Waals surface area contributed by atoms with Gasteiger partial charge in [0.1, 0.15) is 5.82 Å². The Labute approximate surface area is 144 Å². The zero-order valence-corrected chi connectivity index (χ0v) is 13.5. The molecule has 0 bridgehead atoms. The van der Waals surface area contributed by atoms with Gasteiger partial charge in [-0.15, -0.1) is 0 Å². The van der Waals surface area contributed by atoms with Crippen LogP contribution in [0, 0.1) is 0 Å². The van der Waals surface area contributed by atoms with Crippen molar-refractivity contribution in [2.75, 3.05) is 18.0 Å². The van der Waals surface area contributed by atoms with Gasteiger partial charge < -0.3 is 16.0 Å². The van der Waals surface area contributed by atoms with Crippen molar-refractivity contribution >= 4 is 22.6 Å². The summed E-state index contributed by atoms with van der Waals surface area (Å²) in [6.45, 7) is 1.71. The van der Waals surface area contributed by atoms with Crippen molar-refractivity contribution in [1.82, 2.24) is 20.3 Å². The lowest BCUT2D eigenvalue weighted by atomic mass is 9.97. The largest absolute Gasteiger partial charge is 0.381 e. The maximum Gasteiger partial charge on any atom is 0.286 e. The fraction of sp³-hybridized carbons (Fsp3) is 0.222. The lowest BCUT2D eigenvalue weighted by Crippen LogP contribution is -2.24. The second-order valence-corrected chi connectivity index (χ2v) is 6.35. The topological polar surface area (TPSA) is 97.0 Å². The fourth-order valence-corrected chi connectivity index (χ4v) is 3.74. The summed E-state index contributed by atoms with van der Waals surface area (Å²) in [7, 11) is 0. The molecule has 0 radical (unpaired) electrons. The molecular weight excluding hydrogens is 316 g/mol. The van der Waals surface area contributed by atoms with E-state index in [1.807, 2.05) is 6.07 Å². The molecule has 0 fully saturated rings. The lowest BCUT2D eigenvalue weighted by molar-refractivity contribution is 0.0991. The van der Waals surface area contributed by atoms with Gasteiger partial charge >= 0.3 is 0 Å². The number of nitrogens with two attached hydrogens (primary N) is 1. The Morgan fingerprint density at radius 1 is 1.32 bits per heavy atom. The first-order chi connectivity index (χ1) is 12.2. The van der Waals surface area contributed by atoms with E-state index in [9.17, 15) is 4.79 Å². The van der Waals surface area contributed by atoms with Crippen molar-refractivity contribution in [3.63, 3.8) is 0 Å². The predicted octanol–water partition coefficient (Wildman–Crippen LogP) is 1.41. The molecule has 0 aromatic carbocycles. The Hall–Kier alpha value is -3.22. The number of carbonyl (C=O) groups excluding carboxylic acids is 1. The quantitative estimate of drug-likeness (QED) is 0.863. The standard InChI is InChI=1S/C18H16N6O/c19-16(25)17-22-14-9-20-4-2-12(14)18(23-17)24-6-3-11-7-13-10(1-5-21-13)8-15(11)24/h1-2,4,7,9,21H,3,5-6,8H2,(H2,19,25). The number of hydrogen-bond acceptors (Lipinski definition) is 6. The summed E-state index contributed by atoms with van der Waals surface area (Å²) in [5, 5.41) is 4.28. The van der Waals surface area contributed by atoms with Gasteiger partial charge in [-0.2, -0.15) is 0 Å². The Morgan fingerprint density at radius 3 is 3.12 bits per heavy atom. The number of pyridine rings is 1. The zero-order valence-electron chi connectivity index (χ0n) is 13.5. The van der Waals surface area contributed by atoms with Gasteiger partial charge in [-0.1, -0.05) is 6.08 Å². The number of amides is 1. The number of nitrogens with one attached hydrogen (secondary N) is 1. The van der Waals surface area contributed by atoms with Crippen molar-refractivity contribution in [2.45, 2.75) is 12.8 Å². The first kappa shape index (κ1) is 14.2. The van der Waals surface area contributed by atoms with Gasteiger partial charge in [-0.25, -0.2) is 9.97 Å². The molecule has 0 saturated heterocycles. The number of fused-ring (bicyclic) bond motifs is 2. The highest BCUT2D eigenvalue weighted by Crippen LogP contribution is 2.40. The SMILES string of the molecule is NC(=O)c1nc(N2CCC3=C2CC2=CCNC2=C3)c2ccncc2n1. The number of primary amides is 1. The molecule has 1 aliphatic carbocycles. The van der Waals surface area contributed by atoms with Crippen LogP contribution in [-0.2, 0) is 0 Å². The summed E-state index contributed by atoms with van der Waals surface area (Å²) >= 11 is 0. The molecular formula is C18H16N6O. The van der Waals surface area contributed by atoms with Crippen LogP contribution in [-0.4, -0.2) is 33.9 Å². The maximum atomic E-state index is 11.7. The molecule has 4 heterocycles. The molecule has 0 saturated carbocycles. The van der Waals surface area contributed by atoms with E-state index in [1.165, 1.54) is 22.5 Å². The van der Waals surface area contributed by atoms with Gasteiger partial charge in [0.2, 0.25) is 5.82 Å². The van der Waals surface area contributed by atoms with Crippen LogP contribution < -0.4 is 16.0 Å². The molecule has 3 N–H and O–H groups in total. The van der Waals surface area contributed by atoms with Gasteiger partial charge in [0.25, 0.3) is 5.91 Å². The molecule has 2 aromatic heterocycles. The smallest absolute Gasteiger partial charge is 0.286 e. The Morgan fingerprint density at radius 2 is 2.24 bits per heavy atom. The molecule has 0 atom stereocenters. The number of nitrogens with zero attached hydrogens (tertiary/aromatic N) is 4. The molecule has 3 aliphatic rings. The normalized spacial score (nSPS) is 18.6. The third-order valence-electron chi connectivity index (χ3n) is 4.92. The maximum absolute atomic E-state index is 11.7. The highest BCUT2D eigenvalue weighted by Gasteiger charge is 2.31. The van der Waals surface area contributed by atoms with E-state index in [0.29, 0.717) is 5.52 Å². The number of anilines is 1. The number of carbonyl (C=O) groups is 1. The van der Waals surface area contributed by atoms with Crippen LogP contribution in [0.5, 0.6) is 0 Å². The molecule has 5 rings (SSSR count).